The van der Waals surface area contributed by atoms with Gasteiger partial charge in [0.25, 0.3) is 0 Å². The lowest BCUT2D eigenvalue weighted by atomic mass is 9.81. The molecule has 2 aromatic rings. The smallest absolute Gasteiger partial charge is 0.218 e. The molecule has 0 unspecified atom stereocenters. The van der Waals surface area contributed by atoms with Gasteiger partial charge in [-0.3, -0.25) is 4.79 Å². The predicted octanol–water partition coefficient (Wildman–Crippen LogP) is 3.42. The zero-order chi connectivity index (χ0) is 15.3. The van der Waals surface area contributed by atoms with Crippen molar-refractivity contribution < 1.29 is 9.53 Å². The van der Waals surface area contributed by atoms with E-state index in [0.29, 0.717) is 13.0 Å². The van der Waals surface area contributed by atoms with Crippen molar-refractivity contribution in [1.29, 1.82) is 0 Å². The molecule has 3 heteroatoms. The summed E-state index contributed by atoms with van der Waals surface area (Å²) in [5, 5.41) is 0. The Morgan fingerprint density at radius 3 is 2.24 bits per heavy atom. The van der Waals surface area contributed by atoms with E-state index in [1.165, 1.54) is 0 Å². The molecule has 0 spiro atoms. The molecule has 110 valence electrons. The Morgan fingerprint density at radius 1 is 1.05 bits per heavy atom. The maximum absolute atomic E-state index is 11.1. The van der Waals surface area contributed by atoms with Gasteiger partial charge in [-0.1, -0.05) is 56.3 Å². The molecule has 1 amide bonds. The van der Waals surface area contributed by atoms with Gasteiger partial charge in [0.15, 0.2) is 0 Å². The summed E-state index contributed by atoms with van der Waals surface area (Å²) in [7, 11) is 0. The monoisotopic (exact) mass is 283 g/mol. The molecule has 0 aliphatic carbocycles. The first-order chi connectivity index (χ1) is 9.97. The fraction of sp³-hybridized carbons (Fsp3) is 0.278. The van der Waals surface area contributed by atoms with Gasteiger partial charge in [0.1, 0.15) is 12.4 Å². The van der Waals surface area contributed by atoms with Crippen LogP contribution in [0.25, 0.3) is 0 Å². The van der Waals surface area contributed by atoms with Crippen LogP contribution in [0.15, 0.2) is 54.6 Å². The molecule has 2 aromatic carbocycles. The minimum atomic E-state index is -0.288. The molecule has 0 saturated heterocycles. The first-order valence-corrected chi connectivity index (χ1v) is 7.03. The van der Waals surface area contributed by atoms with E-state index in [2.05, 4.69) is 0 Å². The number of benzene rings is 2. The Balaban J connectivity index is 2.00. The Hall–Kier alpha value is -2.29. The molecule has 0 aliphatic rings. The highest BCUT2D eigenvalue weighted by molar-refractivity contribution is 5.75. The standard InChI is InChI=1S/C18H21NO2/c1-18(2,12-17(19)20)15-8-10-16(11-9-15)21-13-14-6-4-3-5-7-14/h3-11H,12-13H2,1-2H3,(H2,19,20). The van der Waals surface area contributed by atoms with Crippen molar-refractivity contribution in [3.05, 3.63) is 65.7 Å². The van der Waals surface area contributed by atoms with Gasteiger partial charge in [-0.05, 0) is 28.7 Å². The molecular formula is C18H21NO2. The summed E-state index contributed by atoms with van der Waals surface area (Å²) in [5.41, 5.74) is 7.25. The minimum absolute atomic E-state index is 0.260. The highest BCUT2D eigenvalue weighted by Gasteiger charge is 2.22. The van der Waals surface area contributed by atoms with Gasteiger partial charge in [0.2, 0.25) is 5.91 Å². The van der Waals surface area contributed by atoms with Crippen molar-refractivity contribution in [2.45, 2.75) is 32.3 Å². The average molecular weight is 283 g/mol. The fourth-order valence-electron chi connectivity index (χ4n) is 2.28. The van der Waals surface area contributed by atoms with Gasteiger partial charge in [-0.25, -0.2) is 0 Å². The third-order valence-corrected chi connectivity index (χ3v) is 3.50. The third-order valence-electron chi connectivity index (χ3n) is 3.50. The van der Waals surface area contributed by atoms with Gasteiger partial charge in [0.05, 0.1) is 0 Å². The van der Waals surface area contributed by atoms with Crippen LogP contribution < -0.4 is 10.5 Å². The van der Waals surface area contributed by atoms with Crippen molar-refractivity contribution in [1.82, 2.24) is 0 Å². The zero-order valence-corrected chi connectivity index (χ0v) is 12.5. The number of carbonyl (C=O) groups is 1. The molecule has 2 rings (SSSR count). The van der Waals surface area contributed by atoms with Crippen molar-refractivity contribution in [3.63, 3.8) is 0 Å². The summed E-state index contributed by atoms with van der Waals surface area (Å²) in [6, 6.07) is 17.9. The van der Waals surface area contributed by atoms with E-state index in [9.17, 15) is 4.79 Å². The molecule has 0 fully saturated rings. The highest BCUT2D eigenvalue weighted by Crippen LogP contribution is 2.28. The molecule has 0 bridgehead atoms. The lowest BCUT2D eigenvalue weighted by Gasteiger charge is -2.23. The number of amides is 1. The lowest BCUT2D eigenvalue weighted by Crippen LogP contribution is -2.26. The van der Waals surface area contributed by atoms with E-state index < -0.39 is 0 Å². The van der Waals surface area contributed by atoms with Crippen molar-refractivity contribution in [2.24, 2.45) is 5.73 Å². The second-order valence-electron chi connectivity index (χ2n) is 5.83. The van der Waals surface area contributed by atoms with Crippen molar-refractivity contribution in [2.75, 3.05) is 0 Å². The van der Waals surface area contributed by atoms with Crippen molar-refractivity contribution >= 4 is 5.91 Å². The number of rotatable bonds is 6. The van der Waals surface area contributed by atoms with Gasteiger partial charge < -0.3 is 10.5 Å². The van der Waals surface area contributed by atoms with Gasteiger partial charge in [-0.2, -0.15) is 0 Å². The van der Waals surface area contributed by atoms with Crippen LogP contribution in [-0.4, -0.2) is 5.91 Å². The zero-order valence-electron chi connectivity index (χ0n) is 12.5. The molecular weight excluding hydrogens is 262 g/mol. The lowest BCUT2D eigenvalue weighted by molar-refractivity contribution is -0.119. The second-order valence-corrected chi connectivity index (χ2v) is 5.83. The Labute approximate surface area is 125 Å². The summed E-state index contributed by atoms with van der Waals surface area (Å²) < 4.78 is 5.75. The molecule has 0 aromatic heterocycles. The predicted molar refractivity (Wildman–Crippen MR) is 84.1 cm³/mol. The van der Waals surface area contributed by atoms with Crippen molar-refractivity contribution in [3.8, 4) is 5.75 Å². The summed E-state index contributed by atoms with van der Waals surface area (Å²) in [5.74, 6) is 0.530. The highest BCUT2D eigenvalue weighted by atomic mass is 16.5. The molecule has 0 heterocycles. The van der Waals surface area contributed by atoms with Crippen LogP contribution in [0.4, 0.5) is 0 Å². The Kier molecular flexibility index (Phi) is 4.63. The van der Waals surface area contributed by atoms with Crippen LogP contribution in [0.1, 0.15) is 31.4 Å². The second kappa shape index (κ2) is 6.44. The normalized spacial score (nSPS) is 11.1. The number of hydrogen-bond donors (Lipinski definition) is 1. The van der Waals surface area contributed by atoms with Crippen LogP contribution in [0, 0.1) is 0 Å². The number of ether oxygens (including phenoxy) is 1. The summed E-state index contributed by atoms with van der Waals surface area (Å²) in [6.07, 6.45) is 0.331. The third kappa shape index (κ3) is 4.35. The largest absolute Gasteiger partial charge is 0.489 e. The van der Waals surface area contributed by atoms with E-state index >= 15 is 0 Å². The maximum Gasteiger partial charge on any atom is 0.218 e. The van der Waals surface area contributed by atoms with E-state index in [-0.39, 0.29) is 11.3 Å². The number of nitrogens with two attached hydrogens (primary N) is 1. The number of carbonyl (C=O) groups excluding carboxylic acids is 1. The SMILES string of the molecule is CC(C)(CC(N)=O)c1ccc(OCc2ccccc2)cc1. The van der Waals surface area contributed by atoms with E-state index in [1.807, 2.05) is 68.4 Å². The first kappa shape index (κ1) is 15.1. The van der Waals surface area contributed by atoms with Gasteiger partial charge >= 0.3 is 0 Å². The fourth-order valence-corrected chi connectivity index (χ4v) is 2.28. The van der Waals surface area contributed by atoms with Crippen LogP contribution in [0.3, 0.4) is 0 Å². The topological polar surface area (TPSA) is 52.3 Å². The van der Waals surface area contributed by atoms with E-state index in [1.54, 1.807) is 0 Å². The summed E-state index contributed by atoms with van der Waals surface area (Å²) >= 11 is 0. The van der Waals surface area contributed by atoms with Gasteiger partial charge in [0, 0.05) is 6.42 Å². The maximum atomic E-state index is 11.1. The Bertz CT molecular complexity index is 588. The van der Waals surface area contributed by atoms with Crippen LogP contribution in [0.2, 0.25) is 0 Å². The van der Waals surface area contributed by atoms with Crippen LogP contribution in [-0.2, 0) is 16.8 Å². The summed E-state index contributed by atoms with van der Waals surface area (Å²) in [6.45, 7) is 4.57. The molecule has 2 N–H and O–H groups in total. The van der Waals surface area contributed by atoms with E-state index in [0.717, 1.165) is 16.9 Å². The van der Waals surface area contributed by atoms with E-state index in [4.69, 9.17) is 10.5 Å². The van der Waals surface area contributed by atoms with Crippen LogP contribution in [0.5, 0.6) is 5.75 Å². The Morgan fingerprint density at radius 2 is 1.67 bits per heavy atom. The van der Waals surface area contributed by atoms with Gasteiger partial charge in [-0.15, -0.1) is 0 Å². The number of primary amides is 1. The molecule has 0 aliphatic heterocycles. The number of hydrogen-bond acceptors (Lipinski definition) is 2. The molecule has 0 saturated carbocycles. The minimum Gasteiger partial charge on any atom is -0.489 e. The van der Waals surface area contributed by atoms with Crippen LogP contribution >= 0.6 is 0 Å². The molecule has 21 heavy (non-hydrogen) atoms. The molecule has 0 radical (unpaired) electrons. The summed E-state index contributed by atoms with van der Waals surface area (Å²) in [4.78, 5) is 11.1. The average Bonchev–Trinajstić information content (AvgIpc) is 2.45. The first-order valence-electron chi connectivity index (χ1n) is 7.03. The quantitative estimate of drug-likeness (QED) is 0.883. The molecule has 3 nitrogen and oxygen atoms in total. The molecule has 0 atom stereocenters.